The lowest BCUT2D eigenvalue weighted by molar-refractivity contribution is -0.137. The Hall–Kier alpha value is -1.14. The van der Waals surface area contributed by atoms with Gasteiger partial charge in [-0.25, -0.2) is 0 Å². The van der Waals surface area contributed by atoms with Gasteiger partial charge >= 0.3 is 5.97 Å². The van der Waals surface area contributed by atoms with Crippen molar-refractivity contribution >= 4 is 11.9 Å². The van der Waals surface area contributed by atoms with Gasteiger partial charge in [-0.1, -0.05) is 0 Å². The Labute approximate surface area is 94.1 Å². The van der Waals surface area contributed by atoms with E-state index in [-0.39, 0.29) is 12.3 Å². The van der Waals surface area contributed by atoms with Crippen LogP contribution in [0.3, 0.4) is 0 Å². The summed E-state index contributed by atoms with van der Waals surface area (Å²) in [6, 6.07) is 0. The number of hydrogen-bond donors (Lipinski definition) is 3. The highest BCUT2D eigenvalue weighted by Gasteiger charge is 2.35. The van der Waals surface area contributed by atoms with E-state index in [9.17, 15) is 9.59 Å². The molecule has 0 saturated carbocycles. The molecule has 0 bridgehead atoms. The van der Waals surface area contributed by atoms with Crippen LogP contribution in [0.2, 0.25) is 0 Å². The van der Waals surface area contributed by atoms with Gasteiger partial charge in [0.05, 0.1) is 5.54 Å². The Balaban J connectivity index is 2.25. The summed E-state index contributed by atoms with van der Waals surface area (Å²) < 4.78 is 5.13. The normalized spacial score (nSPS) is 19.1. The molecule has 1 saturated heterocycles. The summed E-state index contributed by atoms with van der Waals surface area (Å²) in [4.78, 5) is 22.0. The molecule has 4 N–H and O–H groups in total. The first-order valence-electron chi connectivity index (χ1n) is 5.41. The Morgan fingerprint density at radius 2 is 2.00 bits per heavy atom. The third-order valence-corrected chi connectivity index (χ3v) is 2.69. The van der Waals surface area contributed by atoms with Crippen LogP contribution in [0.4, 0.5) is 0 Å². The van der Waals surface area contributed by atoms with E-state index in [1.54, 1.807) is 0 Å². The Morgan fingerprint density at radius 1 is 1.38 bits per heavy atom. The molecule has 0 aliphatic carbocycles. The number of rotatable bonds is 5. The molecule has 16 heavy (non-hydrogen) atoms. The van der Waals surface area contributed by atoms with E-state index in [2.05, 4.69) is 5.32 Å². The van der Waals surface area contributed by atoms with Crippen LogP contribution in [0.25, 0.3) is 0 Å². The number of ether oxygens (including phenoxy) is 1. The van der Waals surface area contributed by atoms with Gasteiger partial charge < -0.3 is 20.9 Å². The number of carboxylic acid groups (broad SMARTS) is 1. The highest BCUT2D eigenvalue weighted by molar-refractivity contribution is 5.86. The lowest BCUT2D eigenvalue weighted by atomic mass is 9.90. The predicted octanol–water partition coefficient (Wildman–Crippen LogP) is -0.525. The molecule has 1 fully saturated rings. The van der Waals surface area contributed by atoms with Crippen LogP contribution in [-0.2, 0) is 14.3 Å². The van der Waals surface area contributed by atoms with E-state index < -0.39 is 11.5 Å². The minimum Gasteiger partial charge on any atom is -0.481 e. The average Bonchev–Trinajstić information content (AvgIpc) is 2.25. The third-order valence-electron chi connectivity index (χ3n) is 2.69. The zero-order valence-electron chi connectivity index (χ0n) is 9.20. The van der Waals surface area contributed by atoms with E-state index in [0.29, 0.717) is 39.0 Å². The first-order valence-corrected chi connectivity index (χ1v) is 5.41. The van der Waals surface area contributed by atoms with Crippen LogP contribution < -0.4 is 11.1 Å². The van der Waals surface area contributed by atoms with E-state index in [1.807, 2.05) is 0 Å². The van der Waals surface area contributed by atoms with Crippen LogP contribution in [0, 0.1) is 0 Å². The second kappa shape index (κ2) is 5.81. The average molecular weight is 230 g/mol. The monoisotopic (exact) mass is 230 g/mol. The highest BCUT2D eigenvalue weighted by atomic mass is 16.5. The zero-order valence-corrected chi connectivity index (χ0v) is 9.20. The largest absolute Gasteiger partial charge is 0.481 e. The molecular weight excluding hydrogens is 212 g/mol. The number of carbonyl (C=O) groups excluding carboxylic acids is 1. The fourth-order valence-corrected chi connectivity index (χ4v) is 1.58. The van der Waals surface area contributed by atoms with Crippen LogP contribution in [0.5, 0.6) is 0 Å². The molecule has 0 radical (unpaired) electrons. The number of carbonyl (C=O) groups is 2. The topological polar surface area (TPSA) is 102 Å². The maximum atomic E-state index is 11.7. The second-order valence-corrected chi connectivity index (χ2v) is 4.02. The van der Waals surface area contributed by atoms with Crippen LogP contribution >= 0.6 is 0 Å². The van der Waals surface area contributed by atoms with Crippen molar-refractivity contribution in [2.45, 2.75) is 31.2 Å². The summed E-state index contributed by atoms with van der Waals surface area (Å²) in [7, 11) is 0. The van der Waals surface area contributed by atoms with Crippen molar-refractivity contribution in [2.24, 2.45) is 5.73 Å². The molecule has 6 nitrogen and oxygen atoms in total. The molecule has 1 aliphatic heterocycles. The summed E-state index contributed by atoms with van der Waals surface area (Å²) in [5.74, 6) is -1.07. The van der Waals surface area contributed by atoms with Crippen molar-refractivity contribution in [3.8, 4) is 0 Å². The van der Waals surface area contributed by atoms with Gasteiger partial charge in [0.25, 0.3) is 0 Å². The van der Waals surface area contributed by atoms with Gasteiger partial charge in [0, 0.05) is 26.2 Å². The number of nitrogens with one attached hydrogen (secondary N) is 1. The summed E-state index contributed by atoms with van der Waals surface area (Å²) in [5.41, 5.74) is 5.09. The smallest absolute Gasteiger partial charge is 0.303 e. The van der Waals surface area contributed by atoms with E-state index in [1.165, 1.54) is 0 Å². The third kappa shape index (κ3) is 3.79. The molecule has 1 amide bonds. The molecule has 92 valence electrons. The maximum absolute atomic E-state index is 11.7. The number of nitrogens with two attached hydrogens (primary N) is 1. The number of aliphatic carboxylic acids is 1. The molecule has 0 aromatic heterocycles. The van der Waals surface area contributed by atoms with Gasteiger partial charge in [-0.05, 0) is 19.3 Å². The first-order chi connectivity index (χ1) is 7.54. The molecule has 0 spiro atoms. The number of carboxylic acids is 1. The fraction of sp³-hybridized carbons (Fsp3) is 0.800. The van der Waals surface area contributed by atoms with E-state index >= 15 is 0 Å². The van der Waals surface area contributed by atoms with Gasteiger partial charge in [-0.3, -0.25) is 9.59 Å². The summed E-state index contributed by atoms with van der Waals surface area (Å²) in [5, 5.41) is 11.1. The SMILES string of the molecule is NC1(C(=O)NCCCC(=O)O)CCOCC1. The summed E-state index contributed by atoms with van der Waals surface area (Å²) in [6.45, 7) is 1.35. The van der Waals surface area contributed by atoms with Crippen molar-refractivity contribution in [3.05, 3.63) is 0 Å². The van der Waals surface area contributed by atoms with Gasteiger partial charge in [0.1, 0.15) is 0 Å². The lowest BCUT2D eigenvalue weighted by Gasteiger charge is -2.31. The molecular formula is C10H18N2O4. The number of hydrogen-bond acceptors (Lipinski definition) is 4. The molecule has 1 aliphatic rings. The Bertz CT molecular complexity index is 262. The Morgan fingerprint density at radius 3 is 2.56 bits per heavy atom. The quantitative estimate of drug-likeness (QED) is 0.551. The van der Waals surface area contributed by atoms with Gasteiger partial charge in [0.2, 0.25) is 5.91 Å². The zero-order chi connectivity index (χ0) is 12.0. The molecule has 0 aromatic rings. The highest BCUT2D eigenvalue weighted by Crippen LogP contribution is 2.17. The lowest BCUT2D eigenvalue weighted by Crippen LogP contribution is -2.57. The van der Waals surface area contributed by atoms with E-state index in [0.717, 1.165) is 0 Å². The minimum absolute atomic E-state index is 0.0565. The summed E-state index contributed by atoms with van der Waals surface area (Å²) in [6.07, 6.45) is 1.50. The molecule has 6 heteroatoms. The molecule has 0 unspecified atom stereocenters. The molecule has 0 aromatic carbocycles. The fourth-order valence-electron chi connectivity index (χ4n) is 1.58. The van der Waals surface area contributed by atoms with Crippen LogP contribution in [0.15, 0.2) is 0 Å². The van der Waals surface area contributed by atoms with Crippen molar-refractivity contribution < 1.29 is 19.4 Å². The van der Waals surface area contributed by atoms with Crippen molar-refractivity contribution in [1.29, 1.82) is 0 Å². The minimum atomic E-state index is -0.859. The van der Waals surface area contributed by atoms with Gasteiger partial charge in [0.15, 0.2) is 0 Å². The van der Waals surface area contributed by atoms with Gasteiger partial charge in [-0.2, -0.15) is 0 Å². The first kappa shape index (κ1) is 12.9. The second-order valence-electron chi connectivity index (χ2n) is 4.02. The predicted molar refractivity (Wildman–Crippen MR) is 56.9 cm³/mol. The summed E-state index contributed by atoms with van der Waals surface area (Å²) >= 11 is 0. The van der Waals surface area contributed by atoms with Crippen LogP contribution in [0.1, 0.15) is 25.7 Å². The van der Waals surface area contributed by atoms with Crippen molar-refractivity contribution in [3.63, 3.8) is 0 Å². The van der Waals surface area contributed by atoms with Crippen molar-refractivity contribution in [2.75, 3.05) is 19.8 Å². The number of amides is 1. The standard InChI is InChI=1S/C10H18N2O4/c11-10(3-6-16-7-4-10)9(15)12-5-1-2-8(13)14/h1-7,11H2,(H,12,15)(H,13,14). The van der Waals surface area contributed by atoms with Crippen LogP contribution in [-0.4, -0.2) is 42.3 Å². The van der Waals surface area contributed by atoms with Crippen molar-refractivity contribution in [1.82, 2.24) is 5.32 Å². The molecule has 1 rings (SSSR count). The van der Waals surface area contributed by atoms with Gasteiger partial charge in [-0.15, -0.1) is 0 Å². The maximum Gasteiger partial charge on any atom is 0.303 e. The molecule has 0 atom stereocenters. The Kier molecular flexibility index (Phi) is 4.70. The van der Waals surface area contributed by atoms with E-state index in [4.69, 9.17) is 15.6 Å². The molecule has 1 heterocycles.